The van der Waals surface area contributed by atoms with Crippen molar-refractivity contribution in [3.63, 3.8) is 0 Å². The first kappa shape index (κ1) is 15.9. The number of nitrogens with zero attached hydrogens (tertiary/aromatic N) is 1. The quantitative estimate of drug-likeness (QED) is 0.825. The van der Waals surface area contributed by atoms with E-state index < -0.39 is 10.0 Å². The van der Waals surface area contributed by atoms with Gasteiger partial charge in [0.05, 0.1) is 0 Å². The van der Waals surface area contributed by atoms with Gasteiger partial charge in [-0.05, 0) is 44.4 Å². The second-order valence-electron chi connectivity index (χ2n) is 5.04. The Balaban J connectivity index is 2.22. The molecule has 0 aromatic carbocycles. The Hall–Kier alpha value is -0.470. The molecule has 2 rings (SSSR count). The van der Waals surface area contributed by atoms with Crippen LogP contribution >= 0.6 is 11.3 Å². The van der Waals surface area contributed by atoms with Crippen molar-refractivity contribution in [1.82, 2.24) is 4.31 Å². The number of piperidine rings is 1. The minimum Gasteiger partial charge on any atom is -0.396 e. The van der Waals surface area contributed by atoms with Crippen LogP contribution < -0.4 is 5.73 Å². The Bertz CT molecular complexity index is 525. The number of hydrogen-bond donors (Lipinski definition) is 2. The normalized spacial score (nSPS) is 21.2. The average Bonchev–Trinajstić information content (AvgIpc) is 2.89. The van der Waals surface area contributed by atoms with Crippen LogP contribution in [0.2, 0.25) is 0 Å². The van der Waals surface area contributed by atoms with E-state index in [2.05, 4.69) is 0 Å². The van der Waals surface area contributed by atoms with Gasteiger partial charge in [-0.25, -0.2) is 8.42 Å². The van der Waals surface area contributed by atoms with Crippen molar-refractivity contribution in [3.05, 3.63) is 17.0 Å². The van der Waals surface area contributed by atoms with Gasteiger partial charge in [0.15, 0.2) is 0 Å². The number of sulfonamides is 1. The lowest BCUT2D eigenvalue weighted by atomic mass is 10.0. The van der Waals surface area contributed by atoms with E-state index in [0.717, 1.165) is 24.1 Å². The molecular formula is C13H22N2O3S2. The molecule has 7 heteroatoms. The van der Waals surface area contributed by atoms with E-state index in [9.17, 15) is 8.42 Å². The summed E-state index contributed by atoms with van der Waals surface area (Å²) in [5.74, 6) is 0. The van der Waals surface area contributed by atoms with Crippen molar-refractivity contribution >= 4 is 21.4 Å². The molecule has 0 bridgehead atoms. The van der Waals surface area contributed by atoms with Gasteiger partial charge in [0.2, 0.25) is 0 Å². The Morgan fingerprint density at radius 2 is 2.20 bits per heavy atom. The predicted octanol–water partition coefficient (Wildman–Crippen LogP) is 1.17. The van der Waals surface area contributed by atoms with Gasteiger partial charge < -0.3 is 10.8 Å². The Labute approximate surface area is 124 Å². The zero-order chi connectivity index (χ0) is 14.6. The van der Waals surface area contributed by atoms with Gasteiger partial charge in [0.25, 0.3) is 10.0 Å². The van der Waals surface area contributed by atoms with E-state index in [-0.39, 0.29) is 12.6 Å². The number of nitrogens with two attached hydrogens (primary N) is 1. The number of hydrogen-bond acceptors (Lipinski definition) is 5. The standard InChI is InChI=1S/C13H22N2O3S2/c14-8-6-12-4-5-13(19-12)20(17,18)15-9-2-1-3-11(15)7-10-16/h4-5,11,16H,1-3,6-10,14H2. The first-order valence-corrected chi connectivity index (χ1v) is 9.26. The van der Waals surface area contributed by atoms with Crippen molar-refractivity contribution in [2.75, 3.05) is 19.7 Å². The first-order valence-electron chi connectivity index (χ1n) is 7.01. The summed E-state index contributed by atoms with van der Waals surface area (Å²) >= 11 is 1.31. The molecule has 20 heavy (non-hydrogen) atoms. The van der Waals surface area contributed by atoms with Crippen LogP contribution in [-0.4, -0.2) is 43.6 Å². The third-order valence-corrected chi connectivity index (χ3v) is 7.19. The molecule has 1 atom stereocenters. The maximum absolute atomic E-state index is 12.7. The molecule has 1 aromatic heterocycles. The molecule has 0 saturated carbocycles. The summed E-state index contributed by atoms with van der Waals surface area (Å²) in [6.07, 6.45) is 3.98. The Morgan fingerprint density at radius 1 is 1.40 bits per heavy atom. The molecular weight excluding hydrogens is 296 g/mol. The molecule has 1 aliphatic rings. The van der Waals surface area contributed by atoms with Crippen LogP contribution in [0, 0.1) is 0 Å². The lowest BCUT2D eigenvalue weighted by Crippen LogP contribution is -2.43. The summed E-state index contributed by atoms with van der Waals surface area (Å²) in [6, 6.07) is 3.45. The maximum atomic E-state index is 12.7. The second kappa shape index (κ2) is 7.00. The molecule has 0 amide bonds. The van der Waals surface area contributed by atoms with Crippen LogP contribution in [0.15, 0.2) is 16.3 Å². The fourth-order valence-corrected chi connectivity index (χ4v) is 5.84. The molecule has 0 radical (unpaired) electrons. The molecule has 1 aromatic rings. The Morgan fingerprint density at radius 3 is 2.90 bits per heavy atom. The largest absolute Gasteiger partial charge is 0.396 e. The highest BCUT2D eigenvalue weighted by Gasteiger charge is 2.33. The summed E-state index contributed by atoms with van der Waals surface area (Å²) < 4.78 is 27.4. The van der Waals surface area contributed by atoms with Crippen molar-refractivity contribution in [2.45, 2.75) is 42.4 Å². The minimum absolute atomic E-state index is 0.0273. The predicted molar refractivity (Wildman–Crippen MR) is 80.3 cm³/mol. The van der Waals surface area contributed by atoms with Crippen LogP contribution in [0.3, 0.4) is 0 Å². The van der Waals surface area contributed by atoms with Crippen LogP contribution in [-0.2, 0) is 16.4 Å². The van der Waals surface area contributed by atoms with Gasteiger partial charge in [-0.3, -0.25) is 0 Å². The SMILES string of the molecule is NCCc1ccc(S(=O)(=O)N2CCCCC2CCO)s1. The third-order valence-electron chi connectivity index (χ3n) is 3.63. The molecule has 1 fully saturated rings. The Kier molecular flexibility index (Phi) is 5.57. The highest BCUT2D eigenvalue weighted by Crippen LogP contribution is 2.30. The van der Waals surface area contributed by atoms with E-state index in [1.807, 2.05) is 6.07 Å². The summed E-state index contributed by atoms with van der Waals surface area (Å²) in [5, 5.41) is 9.11. The first-order chi connectivity index (χ1) is 9.59. The zero-order valence-electron chi connectivity index (χ0n) is 11.5. The molecule has 1 aliphatic heterocycles. The molecule has 0 spiro atoms. The topological polar surface area (TPSA) is 83.6 Å². The number of thiophene rings is 1. The summed E-state index contributed by atoms with van der Waals surface area (Å²) in [6.45, 7) is 1.10. The van der Waals surface area contributed by atoms with Gasteiger partial charge in [-0.2, -0.15) is 4.31 Å². The summed E-state index contributed by atoms with van der Waals surface area (Å²) in [5.41, 5.74) is 5.50. The van der Waals surface area contributed by atoms with Crippen molar-refractivity contribution in [1.29, 1.82) is 0 Å². The van der Waals surface area contributed by atoms with Crippen molar-refractivity contribution in [2.24, 2.45) is 5.73 Å². The highest BCUT2D eigenvalue weighted by molar-refractivity contribution is 7.91. The van der Waals surface area contributed by atoms with E-state index >= 15 is 0 Å². The molecule has 5 nitrogen and oxygen atoms in total. The second-order valence-corrected chi connectivity index (χ2v) is 8.32. The number of aliphatic hydroxyl groups excluding tert-OH is 1. The van der Waals surface area contributed by atoms with Crippen LogP contribution in [0.25, 0.3) is 0 Å². The molecule has 3 N–H and O–H groups in total. The third kappa shape index (κ3) is 3.40. The lowest BCUT2D eigenvalue weighted by molar-refractivity contribution is 0.193. The highest BCUT2D eigenvalue weighted by atomic mass is 32.2. The summed E-state index contributed by atoms with van der Waals surface area (Å²) in [7, 11) is -3.43. The van der Waals surface area contributed by atoms with Gasteiger partial charge >= 0.3 is 0 Å². The maximum Gasteiger partial charge on any atom is 0.252 e. The summed E-state index contributed by atoms with van der Waals surface area (Å²) in [4.78, 5) is 1.00. The number of aliphatic hydroxyl groups is 1. The zero-order valence-corrected chi connectivity index (χ0v) is 13.1. The van der Waals surface area contributed by atoms with E-state index in [0.29, 0.717) is 30.1 Å². The lowest BCUT2D eigenvalue weighted by Gasteiger charge is -2.34. The smallest absolute Gasteiger partial charge is 0.252 e. The molecule has 0 aliphatic carbocycles. The van der Waals surface area contributed by atoms with E-state index in [4.69, 9.17) is 10.8 Å². The fraction of sp³-hybridized carbons (Fsp3) is 0.692. The minimum atomic E-state index is -3.43. The fourth-order valence-electron chi connectivity index (χ4n) is 2.62. The van der Waals surface area contributed by atoms with Gasteiger partial charge in [0, 0.05) is 24.1 Å². The van der Waals surface area contributed by atoms with E-state index in [1.54, 1.807) is 10.4 Å². The van der Waals surface area contributed by atoms with E-state index in [1.165, 1.54) is 11.3 Å². The van der Waals surface area contributed by atoms with Crippen LogP contribution in [0.1, 0.15) is 30.6 Å². The molecule has 1 unspecified atom stereocenters. The van der Waals surface area contributed by atoms with Gasteiger partial charge in [-0.1, -0.05) is 6.42 Å². The number of rotatable bonds is 6. The van der Waals surface area contributed by atoms with Crippen molar-refractivity contribution in [3.8, 4) is 0 Å². The van der Waals surface area contributed by atoms with Gasteiger partial charge in [0.1, 0.15) is 4.21 Å². The van der Waals surface area contributed by atoms with Crippen molar-refractivity contribution < 1.29 is 13.5 Å². The average molecular weight is 318 g/mol. The molecule has 1 saturated heterocycles. The van der Waals surface area contributed by atoms with Crippen LogP contribution in [0.4, 0.5) is 0 Å². The molecule has 2 heterocycles. The van der Waals surface area contributed by atoms with Crippen LogP contribution in [0.5, 0.6) is 0 Å². The monoisotopic (exact) mass is 318 g/mol. The van der Waals surface area contributed by atoms with Gasteiger partial charge in [-0.15, -0.1) is 11.3 Å². The molecule has 114 valence electrons.